The van der Waals surface area contributed by atoms with Crippen LogP contribution >= 0.6 is 22.9 Å². The summed E-state index contributed by atoms with van der Waals surface area (Å²) < 4.78 is 92.6. The highest BCUT2D eigenvalue weighted by Crippen LogP contribution is 2.37. The van der Waals surface area contributed by atoms with Gasteiger partial charge >= 0.3 is 6.18 Å². The average Bonchev–Trinajstić information content (AvgIpc) is 3.49. The van der Waals surface area contributed by atoms with Gasteiger partial charge in [0.15, 0.2) is 5.65 Å². The van der Waals surface area contributed by atoms with Crippen LogP contribution in [0.25, 0.3) is 16.9 Å². The van der Waals surface area contributed by atoms with E-state index in [2.05, 4.69) is 15.4 Å². The molecule has 3 N–H and O–H groups in total. The van der Waals surface area contributed by atoms with Crippen molar-refractivity contribution in [2.45, 2.75) is 16.8 Å². The summed E-state index contributed by atoms with van der Waals surface area (Å²) in [5.74, 6) is -0.953. The van der Waals surface area contributed by atoms with E-state index in [1.165, 1.54) is 0 Å². The molecule has 0 spiro atoms. The number of benzene rings is 1. The van der Waals surface area contributed by atoms with Crippen molar-refractivity contribution in [2.75, 3.05) is 25.2 Å². The van der Waals surface area contributed by atoms with E-state index in [9.17, 15) is 40.3 Å². The lowest BCUT2D eigenvalue weighted by Gasteiger charge is -2.16. The fraction of sp³-hybridized carbons (Fsp3) is 0.227. The van der Waals surface area contributed by atoms with Crippen molar-refractivity contribution in [3.8, 4) is 11.3 Å². The molecule has 0 aliphatic heterocycles. The molecule has 1 aromatic carbocycles. The number of aliphatic hydroxyl groups excluding tert-OH is 2. The monoisotopic (exact) mass is 625 g/mol. The number of sulfonamides is 1. The molecule has 10 nitrogen and oxygen atoms in total. The van der Waals surface area contributed by atoms with Gasteiger partial charge in [0, 0.05) is 12.1 Å². The molecule has 0 aliphatic carbocycles. The van der Waals surface area contributed by atoms with Gasteiger partial charge in [0.2, 0.25) is 0 Å². The molecular formula is C22H17ClF5N5O5S2. The molecule has 40 heavy (non-hydrogen) atoms. The minimum absolute atomic E-state index is 0.0667. The molecule has 4 rings (SSSR count). The molecular weight excluding hydrogens is 609 g/mol. The molecule has 0 atom stereocenters. The lowest BCUT2D eigenvalue weighted by atomic mass is 10.1. The second-order valence-corrected chi connectivity index (χ2v) is 11.8. The minimum atomic E-state index is -4.61. The lowest BCUT2D eigenvalue weighted by Crippen LogP contribution is -2.33. The highest BCUT2D eigenvalue weighted by atomic mass is 35.5. The molecule has 0 unspecified atom stereocenters. The summed E-state index contributed by atoms with van der Waals surface area (Å²) in [6.45, 7) is -1.90. The third kappa shape index (κ3) is 5.79. The van der Waals surface area contributed by atoms with Crippen LogP contribution in [0.4, 0.5) is 27.6 Å². The predicted molar refractivity (Wildman–Crippen MR) is 134 cm³/mol. The fourth-order valence-corrected chi connectivity index (χ4v) is 6.58. The van der Waals surface area contributed by atoms with E-state index in [1.54, 1.807) is 0 Å². The molecule has 3 aromatic heterocycles. The molecule has 1 amide bonds. The number of aromatic nitrogens is 3. The van der Waals surface area contributed by atoms with Crippen molar-refractivity contribution in [3.05, 3.63) is 63.8 Å². The smallest absolute Gasteiger partial charge is 0.395 e. The predicted octanol–water partition coefficient (Wildman–Crippen LogP) is 4.25. The molecule has 18 heteroatoms. The number of thiophene rings is 1. The molecule has 0 bridgehead atoms. The zero-order valence-corrected chi connectivity index (χ0v) is 22.1. The van der Waals surface area contributed by atoms with E-state index in [-0.39, 0.29) is 36.7 Å². The van der Waals surface area contributed by atoms with Crippen LogP contribution in [0.1, 0.15) is 28.0 Å². The van der Waals surface area contributed by atoms with E-state index >= 15 is 0 Å². The number of nitrogens with one attached hydrogen (secondary N) is 1. The molecule has 214 valence electrons. The Labute approximate surface area is 231 Å². The van der Waals surface area contributed by atoms with Crippen molar-refractivity contribution in [2.24, 2.45) is 0 Å². The Morgan fingerprint density at radius 2 is 1.85 bits per heavy atom. The summed E-state index contributed by atoms with van der Waals surface area (Å²) in [5, 5.41) is 24.5. The van der Waals surface area contributed by atoms with Crippen LogP contribution in [0, 0.1) is 0 Å². The van der Waals surface area contributed by atoms with Crippen LogP contribution < -0.4 is 5.32 Å². The van der Waals surface area contributed by atoms with Crippen LogP contribution in [0.5, 0.6) is 0 Å². The van der Waals surface area contributed by atoms with Gasteiger partial charge in [-0.05, 0) is 24.3 Å². The third-order valence-electron chi connectivity index (χ3n) is 5.49. The molecule has 4 aromatic rings. The average molecular weight is 626 g/mol. The number of hydrogen-bond acceptors (Lipinski definition) is 8. The van der Waals surface area contributed by atoms with Crippen LogP contribution in [0.3, 0.4) is 0 Å². The second kappa shape index (κ2) is 11.3. The molecule has 0 radical (unpaired) electrons. The van der Waals surface area contributed by atoms with E-state index in [1.807, 2.05) is 0 Å². The number of rotatable bonds is 9. The molecule has 3 heterocycles. The van der Waals surface area contributed by atoms with Crippen LogP contribution in [0.15, 0.2) is 46.8 Å². The van der Waals surface area contributed by atoms with Crippen LogP contribution in [-0.4, -0.2) is 63.3 Å². The number of halogens is 6. The van der Waals surface area contributed by atoms with Crippen molar-refractivity contribution in [1.29, 1.82) is 0 Å². The first-order valence-electron chi connectivity index (χ1n) is 10.9. The summed E-state index contributed by atoms with van der Waals surface area (Å²) in [6.07, 6.45) is -6.77. The number of aliphatic hydroxyl groups is 2. The molecule has 0 saturated carbocycles. The lowest BCUT2D eigenvalue weighted by molar-refractivity contribution is -0.137. The van der Waals surface area contributed by atoms with E-state index < -0.39 is 59.7 Å². The maximum absolute atomic E-state index is 13.8. The van der Waals surface area contributed by atoms with Gasteiger partial charge in [-0.15, -0.1) is 11.3 Å². The number of carbonyl (C=O) groups excluding carboxylic acids is 1. The number of fused-ring (bicyclic) bond motifs is 1. The molecule has 0 saturated heterocycles. The standard InChI is InChI=1S/C22H17ClF5N5O5S2/c23-18-15(8-17(39-18)40(37,38)32(10-35)5-6-34)31-21(36)13-9-29-33-16(19(24)25)7-14(30-20(13)33)11-1-3-12(4-2-11)22(26,27)28/h1-4,7-9,19,34-35H,5-6,10H2,(H,31,36). The first kappa shape index (κ1) is 29.8. The van der Waals surface area contributed by atoms with Gasteiger partial charge in [0.1, 0.15) is 26.5 Å². The second-order valence-electron chi connectivity index (χ2n) is 7.99. The van der Waals surface area contributed by atoms with Gasteiger partial charge in [-0.25, -0.2) is 26.7 Å². The Bertz CT molecular complexity index is 1660. The zero-order chi connectivity index (χ0) is 29.4. The maximum atomic E-state index is 13.8. The van der Waals surface area contributed by atoms with Crippen molar-refractivity contribution >= 4 is 50.2 Å². The summed E-state index contributed by atoms with van der Waals surface area (Å²) in [7, 11) is -4.28. The number of alkyl halides is 5. The highest BCUT2D eigenvalue weighted by molar-refractivity contribution is 7.91. The number of anilines is 1. The SMILES string of the molecule is O=C(Nc1cc(S(=O)(=O)N(CO)CCO)sc1Cl)c1cnn2c(C(F)F)cc(-c3ccc(C(F)(F)F)cc3)nc12. The minimum Gasteiger partial charge on any atom is -0.395 e. The summed E-state index contributed by atoms with van der Waals surface area (Å²) in [4.78, 5) is 17.2. The van der Waals surface area contributed by atoms with Crippen molar-refractivity contribution in [1.82, 2.24) is 18.9 Å². The number of amides is 1. The highest BCUT2D eigenvalue weighted by Gasteiger charge is 2.31. The Morgan fingerprint density at radius 3 is 2.42 bits per heavy atom. The van der Waals surface area contributed by atoms with Gasteiger partial charge in [-0.2, -0.15) is 22.6 Å². The Morgan fingerprint density at radius 1 is 1.18 bits per heavy atom. The van der Waals surface area contributed by atoms with Gasteiger partial charge in [-0.3, -0.25) is 4.79 Å². The quantitative estimate of drug-likeness (QED) is 0.187. The third-order valence-corrected chi connectivity index (χ3v) is 9.13. The first-order valence-corrected chi connectivity index (χ1v) is 13.6. The van der Waals surface area contributed by atoms with Crippen LogP contribution in [-0.2, 0) is 16.2 Å². The first-order chi connectivity index (χ1) is 18.8. The number of hydrogen-bond donors (Lipinski definition) is 3. The largest absolute Gasteiger partial charge is 0.416 e. The van der Waals surface area contributed by atoms with E-state index in [4.69, 9.17) is 16.7 Å². The van der Waals surface area contributed by atoms with Crippen molar-refractivity contribution in [3.63, 3.8) is 0 Å². The Hall–Kier alpha value is -3.22. The topological polar surface area (TPSA) is 137 Å². The van der Waals surface area contributed by atoms with E-state index in [0.717, 1.165) is 42.6 Å². The van der Waals surface area contributed by atoms with Gasteiger partial charge in [-0.1, -0.05) is 23.7 Å². The molecule has 0 aliphatic rings. The van der Waals surface area contributed by atoms with Gasteiger partial charge in [0.25, 0.3) is 22.4 Å². The number of carbonyl (C=O) groups is 1. The normalized spacial score (nSPS) is 12.6. The Kier molecular flexibility index (Phi) is 8.44. The summed E-state index contributed by atoms with van der Waals surface area (Å²) in [6, 6.07) is 5.56. The van der Waals surface area contributed by atoms with Gasteiger partial charge < -0.3 is 15.5 Å². The van der Waals surface area contributed by atoms with E-state index in [0.29, 0.717) is 20.2 Å². The van der Waals surface area contributed by atoms with Crippen molar-refractivity contribution < 1.29 is 45.4 Å². The number of nitrogens with zero attached hydrogens (tertiary/aromatic N) is 4. The van der Waals surface area contributed by atoms with Crippen LogP contribution in [0.2, 0.25) is 4.34 Å². The maximum Gasteiger partial charge on any atom is 0.416 e. The zero-order valence-electron chi connectivity index (χ0n) is 19.7. The Balaban J connectivity index is 1.71. The fourth-order valence-electron chi connectivity index (χ4n) is 3.53. The summed E-state index contributed by atoms with van der Waals surface area (Å²) >= 11 is 6.66. The van der Waals surface area contributed by atoms with Gasteiger partial charge in [0.05, 0.1) is 29.7 Å². The summed E-state index contributed by atoms with van der Waals surface area (Å²) in [5.41, 5.74) is -2.56. The molecule has 0 fully saturated rings.